The number of hydrogen-bond donors (Lipinski definition) is 1. The van der Waals surface area contributed by atoms with E-state index >= 15 is 0 Å². The molecule has 0 amide bonds. The lowest BCUT2D eigenvalue weighted by atomic mass is 10.0. The molecule has 3 heteroatoms. The molecule has 3 atom stereocenters. The average molecular weight is 267 g/mol. The standard InChI is InChI=1S/C16H33N3/c1-5-9-17-16(13(2)3)12-19-10-8-14-6-7-15(11-19)18(14)4/h13-17H,5-12H2,1-4H3. The maximum Gasteiger partial charge on any atom is 0.0223 e. The Hall–Kier alpha value is -0.120. The van der Waals surface area contributed by atoms with Crippen LogP contribution in [0.1, 0.15) is 46.5 Å². The summed E-state index contributed by atoms with van der Waals surface area (Å²) in [5.74, 6) is 0.727. The Balaban J connectivity index is 1.87. The minimum atomic E-state index is 0.655. The molecule has 2 rings (SSSR count). The lowest BCUT2D eigenvalue weighted by Gasteiger charge is -2.31. The summed E-state index contributed by atoms with van der Waals surface area (Å²) >= 11 is 0. The van der Waals surface area contributed by atoms with Crippen molar-refractivity contribution in [3.8, 4) is 0 Å². The third kappa shape index (κ3) is 3.93. The van der Waals surface area contributed by atoms with Gasteiger partial charge in [-0.05, 0) is 51.7 Å². The summed E-state index contributed by atoms with van der Waals surface area (Å²) in [6.07, 6.45) is 5.44. The molecule has 3 nitrogen and oxygen atoms in total. The van der Waals surface area contributed by atoms with Crippen molar-refractivity contribution < 1.29 is 0 Å². The number of nitrogens with one attached hydrogen (secondary N) is 1. The monoisotopic (exact) mass is 267 g/mol. The molecule has 2 saturated heterocycles. The first kappa shape index (κ1) is 15.3. The summed E-state index contributed by atoms with van der Waals surface area (Å²) in [6.45, 7) is 11.9. The second kappa shape index (κ2) is 7.05. The van der Waals surface area contributed by atoms with E-state index in [1.165, 1.54) is 45.3 Å². The van der Waals surface area contributed by atoms with Gasteiger partial charge in [0.25, 0.3) is 0 Å². The molecule has 2 heterocycles. The van der Waals surface area contributed by atoms with Gasteiger partial charge in [0.15, 0.2) is 0 Å². The van der Waals surface area contributed by atoms with Gasteiger partial charge < -0.3 is 10.2 Å². The third-order valence-electron chi connectivity index (χ3n) is 5.15. The minimum absolute atomic E-state index is 0.655. The highest BCUT2D eigenvalue weighted by Crippen LogP contribution is 2.28. The van der Waals surface area contributed by atoms with Crippen LogP contribution >= 0.6 is 0 Å². The van der Waals surface area contributed by atoms with E-state index in [1.54, 1.807) is 0 Å². The predicted octanol–water partition coefficient (Wildman–Crippen LogP) is 2.18. The topological polar surface area (TPSA) is 18.5 Å². The Morgan fingerprint density at radius 1 is 1.16 bits per heavy atom. The summed E-state index contributed by atoms with van der Waals surface area (Å²) in [4.78, 5) is 5.36. The number of fused-ring (bicyclic) bond motifs is 2. The number of nitrogens with zero attached hydrogens (tertiary/aromatic N) is 2. The summed E-state index contributed by atoms with van der Waals surface area (Å²) in [5, 5.41) is 3.74. The van der Waals surface area contributed by atoms with E-state index in [4.69, 9.17) is 0 Å². The average Bonchev–Trinajstić information content (AvgIpc) is 2.61. The van der Waals surface area contributed by atoms with Crippen molar-refractivity contribution >= 4 is 0 Å². The fourth-order valence-corrected chi connectivity index (χ4v) is 3.66. The maximum absolute atomic E-state index is 3.74. The first-order chi connectivity index (χ1) is 9.11. The molecule has 0 aromatic heterocycles. The molecule has 0 aliphatic carbocycles. The molecular weight excluding hydrogens is 234 g/mol. The van der Waals surface area contributed by atoms with Gasteiger partial charge in [-0.15, -0.1) is 0 Å². The highest BCUT2D eigenvalue weighted by Gasteiger charge is 2.35. The molecular formula is C16H33N3. The Labute approximate surface area is 119 Å². The van der Waals surface area contributed by atoms with Gasteiger partial charge in [0.05, 0.1) is 0 Å². The first-order valence-electron chi connectivity index (χ1n) is 8.29. The molecule has 2 aliphatic rings. The molecule has 1 N–H and O–H groups in total. The third-order valence-corrected chi connectivity index (χ3v) is 5.15. The Kier molecular flexibility index (Phi) is 5.67. The van der Waals surface area contributed by atoms with Crippen LogP contribution < -0.4 is 5.32 Å². The summed E-state index contributed by atoms with van der Waals surface area (Å²) in [6, 6.07) is 2.32. The van der Waals surface area contributed by atoms with Crippen LogP contribution in [0.2, 0.25) is 0 Å². The van der Waals surface area contributed by atoms with Crippen molar-refractivity contribution in [1.82, 2.24) is 15.1 Å². The second-order valence-corrected chi connectivity index (χ2v) is 6.90. The number of likely N-dealkylation sites (tertiary alicyclic amines) is 1. The van der Waals surface area contributed by atoms with Crippen molar-refractivity contribution in [1.29, 1.82) is 0 Å². The molecule has 0 aromatic rings. The fourth-order valence-electron chi connectivity index (χ4n) is 3.66. The van der Waals surface area contributed by atoms with Gasteiger partial charge in [-0.25, -0.2) is 0 Å². The zero-order valence-electron chi connectivity index (χ0n) is 13.4. The predicted molar refractivity (Wildman–Crippen MR) is 82.5 cm³/mol. The molecule has 0 radical (unpaired) electrons. The van der Waals surface area contributed by atoms with Crippen LogP contribution in [0.4, 0.5) is 0 Å². The molecule has 0 spiro atoms. The summed E-state index contributed by atoms with van der Waals surface area (Å²) in [5.41, 5.74) is 0. The van der Waals surface area contributed by atoms with E-state index in [1.807, 2.05) is 0 Å². The van der Waals surface area contributed by atoms with E-state index in [2.05, 4.69) is 42.9 Å². The smallest absolute Gasteiger partial charge is 0.0223 e. The Morgan fingerprint density at radius 3 is 2.58 bits per heavy atom. The van der Waals surface area contributed by atoms with Crippen LogP contribution in [-0.2, 0) is 0 Å². The highest BCUT2D eigenvalue weighted by atomic mass is 15.3. The quantitative estimate of drug-likeness (QED) is 0.796. The van der Waals surface area contributed by atoms with E-state index in [-0.39, 0.29) is 0 Å². The lowest BCUT2D eigenvalue weighted by Crippen LogP contribution is -2.47. The van der Waals surface area contributed by atoms with Crippen LogP contribution in [0.5, 0.6) is 0 Å². The Bertz CT molecular complexity index is 267. The van der Waals surface area contributed by atoms with Gasteiger partial charge in [-0.2, -0.15) is 0 Å². The van der Waals surface area contributed by atoms with Crippen molar-refractivity contribution in [2.45, 2.75) is 64.6 Å². The van der Waals surface area contributed by atoms with E-state index in [0.29, 0.717) is 6.04 Å². The number of rotatable bonds is 6. The molecule has 2 bridgehead atoms. The van der Waals surface area contributed by atoms with E-state index in [0.717, 1.165) is 24.5 Å². The summed E-state index contributed by atoms with van der Waals surface area (Å²) in [7, 11) is 2.33. The van der Waals surface area contributed by atoms with Gasteiger partial charge in [0, 0.05) is 31.2 Å². The van der Waals surface area contributed by atoms with Crippen LogP contribution in [0.25, 0.3) is 0 Å². The van der Waals surface area contributed by atoms with Crippen molar-refractivity contribution in [3.63, 3.8) is 0 Å². The number of likely N-dealkylation sites (N-methyl/N-ethyl adjacent to an activating group) is 1. The van der Waals surface area contributed by atoms with E-state index in [9.17, 15) is 0 Å². The SMILES string of the molecule is CCCNC(CN1CCC2CCC(C1)N2C)C(C)C. The zero-order valence-corrected chi connectivity index (χ0v) is 13.4. The van der Waals surface area contributed by atoms with E-state index < -0.39 is 0 Å². The second-order valence-electron chi connectivity index (χ2n) is 6.90. The fraction of sp³-hybridized carbons (Fsp3) is 1.00. The van der Waals surface area contributed by atoms with Crippen molar-refractivity contribution in [3.05, 3.63) is 0 Å². The van der Waals surface area contributed by atoms with Crippen LogP contribution in [0.15, 0.2) is 0 Å². The zero-order chi connectivity index (χ0) is 13.8. The molecule has 2 fully saturated rings. The molecule has 3 unspecified atom stereocenters. The van der Waals surface area contributed by atoms with Crippen molar-refractivity contribution in [2.24, 2.45) is 5.92 Å². The first-order valence-corrected chi connectivity index (χ1v) is 8.29. The molecule has 19 heavy (non-hydrogen) atoms. The van der Waals surface area contributed by atoms with Gasteiger partial charge in [0.2, 0.25) is 0 Å². The molecule has 2 aliphatic heterocycles. The van der Waals surface area contributed by atoms with Crippen molar-refractivity contribution in [2.75, 3.05) is 33.2 Å². The van der Waals surface area contributed by atoms with Gasteiger partial charge in [0.1, 0.15) is 0 Å². The molecule has 0 saturated carbocycles. The van der Waals surface area contributed by atoms with Crippen LogP contribution in [0, 0.1) is 5.92 Å². The van der Waals surface area contributed by atoms with Crippen LogP contribution in [0.3, 0.4) is 0 Å². The summed E-state index contributed by atoms with van der Waals surface area (Å²) < 4.78 is 0. The highest BCUT2D eigenvalue weighted by molar-refractivity contribution is 4.92. The van der Waals surface area contributed by atoms with Gasteiger partial charge in [-0.1, -0.05) is 20.8 Å². The van der Waals surface area contributed by atoms with Gasteiger partial charge in [-0.3, -0.25) is 4.90 Å². The number of hydrogen-bond acceptors (Lipinski definition) is 3. The van der Waals surface area contributed by atoms with Gasteiger partial charge >= 0.3 is 0 Å². The Morgan fingerprint density at radius 2 is 1.89 bits per heavy atom. The lowest BCUT2D eigenvalue weighted by molar-refractivity contribution is 0.191. The molecule has 0 aromatic carbocycles. The minimum Gasteiger partial charge on any atom is -0.312 e. The maximum atomic E-state index is 3.74. The largest absolute Gasteiger partial charge is 0.312 e. The molecule has 112 valence electrons. The normalized spacial score (nSPS) is 30.8. The van der Waals surface area contributed by atoms with Crippen LogP contribution in [-0.4, -0.2) is 61.2 Å².